The number of thiophene rings is 1. The Morgan fingerprint density at radius 3 is 2.70 bits per heavy atom. The first-order valence-electron chi connectivity index (χ1n) is 6.37. The van der Waals surface area contributed by atoms with Crippen LogP contribution in [0, 0.1) is 0 Å². The average Bonchev–Trinajstić information content (AvgIpc) is 2.89. The molecule has 0 fully saturated rings. The first kappa shape index (κ1) is 14.5. The number of nitrogens with zero attached hydrogens (tertiary/aromatic N) is 3. The SMILES string of the molecule is CCc1ccc(C(=O)Cn2ncc(N(C)C)cc2=O)s1. The third-order valence-electron chi connectivity index (χ3n) is 2.95. The fourth-order valence-corrected chi connectivity index (χ4v) is 2.60. The summed E-state index contributed by atoms with van der Waals surface area (Å²) in [5.74, 6) is -0.0816. The number of aryl methyl sites for hydroxylation is 1. The predicted molar refractivity (Wildman–Crippen MR) is 80.9 cm³/mol. The molecule has 2 aromatic heterocycles. The molecular weight excluding hydrogens is 274 g/mol. The molecule has 0 aliphatic heterocycles. The Kier molecular flexibility index (Phi) is 4.34. The molecule has 2 heterocycles. The second-order valence-corrected chi connectivity index (χ2v) is 5.82. The summed E-state index contributed by atoms with van der Waals surface area (Å²) in [5.41, 5.74) is 0.458. The van der Waals surface area contributed by atoms with E-state index in [1.54, 1.807) is 11.1 Å². The molecule has 0 saturated heterocycles. The molecule has 6 heteroatoms. The number of rotatable bonds is 5. The number of carbonyl (C=O) groups is 1. The van der Waals surface area contributed by atoms with Crippen molar-refractivity contribution in [1.29, 1.82) is 0 Å². The first-order valence-corrected chi connectivity index (χ1v) is 7.19. The third kappa shape index (κ3) is 3.14. The molecule has 0 radical (unpaired) electrons. The van der Waals surface area contributed by atoms with Crippen LogP contribution < -0.4 is 10.5 Å². The van der Waals surface area contributed by atoms with Crippen LogP contribution in [0.1, 0.15) is 21.5 Å². The van der Waals surface area contributed by atoms with Crippen LogP contribution in [0.5, 0.6) is 0 Å². The van der Waals surface area contributed by atoms with E-state index in [0.29, 0.717) is 4.88 Å². The van der Waals surface area contributed by atoms with Gasteiger partial charge >= 0.3 is 0 Å². The second-order valence-electron chi connectivity index (χ2n) is 4.65. The number of hydrogen-bond acceptors (Lipinski definition) is 5. The molecule has 0 amide bonds. The van der Waals surface area contributed by atoms with Crippen LogP contribution in [0.3, 0.4) is 0 Å². The zero-order valence-electron chi connectivity index (χ0n) is 11.8. The molecule has 0 N–H and O–H groups in total. The maximum atomic E-state index is 12.1. The summed E-state index contributed by atoms with van der Waals surface area (Å²) >= 11 is 1.47. The summed E-state index contributed by atoms with van der Waals surface area (Å²) in [4.78, 5) is 27.6. The number of hydrogen-bond donors (Lipinski definition) is 0. The zero-order valence-corrected chi connectivity index (χ0v) is 12.6. The molecule has 0 aliphatic rings. The van der Waals surface area contributed by atoms with E-state index in [9.17, 15) is 9.59 Å². The zero-order chi connectivity index (χ0) is 14.7. The molecule has 0 aromatic carbocycles. The summed E-state index contributed by atoms with van der Waals surface area (Å²) in [7, 11) is 3.67. The molecule has 2 rings (SSSR count). The van der Waals surface area contributed by atoms with Crippen LogP contribution in [0.2, 0.25) is 0 Å². The van der Waals surface area contributed by atoms with E-state index < -0.39 is 0 Å². The first-order chi connectivity index (χ1) is 9.51. The van der Waals surface area contributed by atoms with Gasteiger partial charge in [0.2, 0.25) is 0 Å². The van der Waals surface area contributed by atoms with Gasteiger partial charge in [-0.1, -0.05) is 6.92 Å². The third-order valence-corrected chi connectivity index (χ3v) is 4.22. The maximum Gasteiger partial charge on any atom is 0.269 e. The van der Waals surface area contributed by atoms with Crippen molar-refractivity contribution < 1.29 is 4.79 Å². The van der Waals surface area contributed by atoms with Crippen molar-refractivity contribution in [2.24, 2.45) is 0 Å². The van der Waals surface area contributed by atoms with E-state index in [1.165, 1.54) is 22.1 Å². The molecule has 20 heavy (non-hydrogen) atoms. The van der Waals surface area contributed by atoms with E-state index in [1.807, 2.05) is 33.2 Å². The Bertz CT molecular complexity index is 673. The summed E-state index contributed by atoms with van der Waals surface area (Å²) in [6.45, 7) is 2.03. The van der Waals surface area contributed by atoms with Crippen LogP contribution in [0.4, 0.5) is 5.69 Å². The van der Waals surface area contributed by atoms with E-state index >= 15 is 0 Å². The van der Waals surface area contributed by atoms with Gasteiger partial charge in [0.05, 0.1) is 16.8 Å². The second kappa shape index (κ2) is 6.00. The number of carbonyl (C=O) groups excluding carboxylic acids is 1. The Balaban J connectivity index is 2.17. The lowest BCUT2D eigenvalue weighted by Crippen LogP contribution is -2.27. The smallest absolute Gasteiger partial charge is 0.269 e. The van der Waals surface area contributed by atoms with Crippen molar-refractivity contribution in [2.75, 3.05) is 19.0 Å². The van der Waals surface area contributed by atoms with Crippen LogP contribution >= 0.6 is 11.3 Å². The van der Waals surface area contributed by atoms with Gasteiger partial charge in [0, 0.05) is 25.0 Å². The molecule has 0 aliphatic carbocycles. The van der Waals surface area contributed by atoms with Gasteiger partial charge in [-0.15, -0.1) is 11.3 Å². The van der Waals surface area contributed by atoms with Gasteiger partial charge in [0.25, 0.3) is 5.56 Å². The molecule has 2 aromatic rings. The van der Waals surface area contributed by atoms with Gasteiger partial charge in [-0.25, -0.2) is 4.68 Å². The van der Waals surface area contributed by atoms with Gasteiger partial charge in [-0.05, 0) is 18.6 Å². The number of anilines is 1. The Morgan fingerprint density at radius 1 is 1.40 bits per heavy atom. The lowest BCUT2D eigenvalue weighted by molar-refractivity contribution is 0.0969. The van der Waals surface area contributed by atoms with Gasteiger partial charge in [0.15, 0.2) is 5.78 Å². The minimum atomic E-state index is -0.267. The van der Waals surface area contributed by atoms with Gasteiger partial charge < -0.3 is 4.90 Å². The molecular formula is C14H17N3O2S. The highest BCUT2D eigenvalue weighted by Gasteiger charge is 2.11. The van der Waals surface area contributed by atoms with Crippen molar-refractivity contribution in [1.82, 2.24) is 9.78 Å². The number of ketones is 1. The fraction of sp³-hybridized carbons (Fsp3) is 0.357. The lowest BCUT2D eigenvalue weighted by Gasteiger charge is -2.11. The minimum Gasteiger partial charge on any atom is -0.376 e. The normalized spacial score (nSPS) is 10.6. The molecule has 5 nitrogen and oxygen atoms in total. The lowest BCUT2D eigenvalue weighted by atomic mass is 10.3. The highest BCUT2D eigenvalue weighted by molar-refractivity contribution is 7.14. The van der Waals surface area contributed by atoms with Gasteiger partial charge in [-0.3, -0.25) is 9.59 Å². The van der Waals surface area contributed by atoms with Gasteiger partial charge in [0.1, 0.15) is 6.54 Å². The van der Waals surface area contributed by atoms with E-state index in [-0.39, 0.29) is 17.9 Å². The monoisotopic (exact) mass is 291 g/mol. The average molecular weight is 291 g/mol. The quantitative estimate of drug-likeness (QED) is 0.789. The summed E-state index contributed by atoms with van der Waals surface area (Å²) < 4.78 is 1.20. The summed E-state index contributed by atoms with van der Waals surface area (Å²) in [5, 5.41) is 4.04. The molecule has 0 unspecified atom stereocenters. The Hall–Kier alpha value is -1.95. The molecule has 0 saturated carbocycles. The van der Waals surface area contributed by atoms with Crippen molar-refractivity contribution >= 4 is 22.8 Å². The van der Waals surface area contributed by atoms with Crippen LogP contribution in [-0.4, -0.2) is 29.7 Å². The number of aromatic nitrogens is 2. The fourth-order valence-electron chi connectivity index (χ4n) is 1.72. The largest absolute Gasteiger partial charge is 0.376 e. The maximum absolute atomic E-state index is 12.1. The van der Waals surface area contributed by atoms with E-state index in [4.69, 9.17) is 0 Å². The predicted octanol–water partition coefficient (Wildman–Crippen LogP) is 1.82. The van der Waals surface area contributed by atoms with E-state index in [0.717, 1.165) is 17.0 Å². The van der Waals surface area contributed by atoms with Gasteiger partial charge in [-0.2, -0.15) is 5.10 Å². The Labute approximate surface area is 121 Å². The van der Waals surface area contributed by atoms with Crippen molar-refractivity contribution in [3.05, 3.63) is 44.5 Å². The van der Waals surface area contributed by atoms with Crippen LogP contribution in [0.25, 0.3) is 0 Å². The Morgan fingerprint density at radius 2 is 2.15 bits per heavy atom. The number of Topliss-reactive ketones (excluding diaryl/α,β-unsaturated/α-hetero) is 1. The topological polar surface area (TPSA) is 55.2 Å². The highest BCUT2D eigenvalue weighted by atomic mass is 32.1. The van der Waals surface area contributed by atoms with Crippen molar-refractivity contribution in [3.8, 4) is 0 Å². The van der Waals surface area contributed by atoms with Crippen molar-refractivity contribution in [3.63, 3.8) is 0 Å². The highest BCUT2D eigenvalue weighted by Crippen LogP contribution is 2.17. The molecule has 0 spiro atoms. The standard InChI is InChI=1S/C14H17N3O2S/c1-4-11-5-6-13(20-11)12(18)9-17-14(19)7-10(8-15-17)16(2)3/h5-8H,4,9H2,1-3H3. The minimum absolute atomic E-state index is 0.0176. The van der Waals surface area contributed by atoms with Crippen molar-refractivity contribution in [2.45, 2.75) is 19.9 Å². The molecule has 0 bridgehead atoms. The van der Waals surface area contributed by atoms with Crippen LogP contribution in [0.15, 0.2) is 29.2 Å². The summed E-state index contributed by atoms with van der Waals surface area (Å²) in [6, 6.07) is 5.24. The molecule has 0 atom stereocenters. The van der Waals surface area contributed by atoms with E-state index in [2.05, 4.69) is 5.10 Å². The van der Waals surface area contributed by atoms with Crippen LogP contribution in [-0.2, 0) is 13.0 Å². The molecule has 106 valence electrons. The summed E-state index contributed by atoms with van der Waals surface area (Å²) in [6.07, 6.45) is 2.49.